The van der Waals surface area contributed by atoms with E-state index in [4.69, 9.17) is 28.4 Å². The van der Waals surface area contributed by atoms with Crippen LogP contribution in [0.4, 0.5) is 0 Å². The third kappa shape index (κ3) is 7.90. The van der Waals surface area contributed by atoms with Crippen molar-refractivity contribution in [2.45, 2.75) is 84.5 Å². The van der Waals surface area contributed by atoms with Crippen molar-refractivity contribution in [2.75, 3.05) is 39.6 Å². The van der Waals surface area contributed by atoms with Gasteiger partial charge in [0.25, 0.3) is 0 Å². The molecule has 12 rings (SSSR count). The molecule has 0 bridgehead atoms. The summed E-state index contributed by atoms with van der Waals surface area (Å²) < 4.78 is 36.8. The predicted molar refractivity (Wildman–Crippen MR) is 293 cm³/mol. The van der Waals surface area contributed by atoms with Crippen LogP contribution in [-0.4, -0.2) is 63.1 Å². The highest BCUT2D eigenvalue weighted by Crippen LogP contribution is 2.59. The molecule has 0 amide bonds. The fourth-order valence-corrected chi connectivity index (χ4v) is 12.7. The predicted octanol–water partition coefficient (Wildman–Crippen LogP) is 13.3. The van der Waals surface area contributed by atoms with Gasteiger partial charge < -0.3 is 33.5 Å². The zero-order chi connectivity index (χ0) is 51.0. The maximum atomic E-state index is 11.6. The number of hydrogen-bond acceptors (Lipinski definition) is 7. The molecule has 2 aliphatic carbocycles. The summed E-state index contributed by atoms with van der Waals surface area (Å²) >= 11 is 0. The van der Waals surface area contributed by atoms with Gasteiger partial charge in [-0.2, -0.15) is 0 Å². The normalized spacial score (nSPS) is 17.4. The maximum Gasteiger partial charge on any atom is 0.125 e. The lowest BCUT2D eigenvalue weighted by atomic mass is 9.66. The van der Waals surface area contributed by atoms with E-state index < -0.39 is 16.9 Å². The quantitative estimate of drug-likeness (QED) is 0.0966. The third-order valence-corrected chi connectivity index (χ3v) is 15.9. The van der Waals surface area contributed by atoms with Crippen LogP contribution >= 0.6 is 0 Å². The van der Waals surface area contributed by atoms with Crippen molar-refractivity contribution >= 4 is 0 Å². The van der Waals surface area contributed by atoms with Crippen molar-refractivity contribution in [2.24, 2.45) is 0 Å². The Labute approximate surface area is 435 Å². The molecule has 7 nitrogen and oxygen atoms in total. The molecule has 0 saturated carbocycles. The zero-order valence-corrected chi connectivity index (χ0v) is 43.7. The lowest BCUT2D eigenvalue weighted by Gasteiger charge is -2.35. The Bertz CT molecular complexity index is 3090. The third-order valence-electron chi connectivity index (χ3n) is 15.9. The van der Waals surface area contributed by atoms with Crippen LogP contribution in [0.15, 0.2) is 146 Å². The molecule has 2 atom stereocenters. The van der Waals surface area contributed by atoms with E-state index in [0.29, 0.717) is 13.2 Å². The first-order valence-corrected chi connectivity index (χ1v) is 26.2. The van der Waals surface area contributed by atoms with Gasteiger partial charge in [-0.05, 0) is 167 Å². The van der Waals surface area contributed by atoms with Crippen molar-refractivity contribution in [3.8, 4) is 45.3 Å². The Morgan fingerprint density at radius 3 is 0.865 bits per heavy atom. The van der Waals surface area contributed by atoms with E-state index in [2.05, 4.69) is 201 Å². The number of hydrogen-bond donors (Lipinski definition) is 1. The smallest absolute Gasteiger partial charge is 0.125 e. The molecule has 2 saturated heterocycles. The van der Waals surface area contributed by atoms with E-state index in [0.717, 1.165) is 91.8 Å². The molecule has 2 fully saturated rings. The fourth-order valence-electron chi connectivity index (χ4n) is 12.7. The topological polar surface area (TPSA) is 82.2 Å². The molecule has 74 heavy (non-hydrogen) atoms. The largest absolute Gasteiger partial charge is 0.490 e. The second kappa shape index (κ2) is 18.6. The number of aliphatic hydroxyl groups is 1. The van der Waals surface area contributed by atoms with E-state index in [9.17, 15) is 5.11 Å². The van der Waals surface area contributed by atoms with Gasteiger partial charge in [0.1, 0.15) is 67.7 Å². The van der Waals surface area contributed by atoms with E-state index >= 15 is 0 Å². The van der Waals surface area contributed by atoms with Crippen LogP contribution in [0, 0.1) is 55.4 Å². The number of rotatable bonds is 16. The standard InChI is InChI=1S/C67H64O7/c1-39-25-47(66(49-29-43(5)64(44(6)30-49)73-37-52-35-69-52)58-21-13-9-17-54(58)55-18-10-14-22-59(55)66)26-40(2)62(39)71-33-51(68)34-72-63-41(3)27-48(28-42(63)4)67(50-31-45(7)65(46(8)32-50)74-38-53-36-70-53)60-23-15-11-19-56(60)57-20-12-16-24-61(57)67/h9-32,51-53,68H,33-38H2,1-8H3. The Balaban J connectivity index is 0.830. The number of aliphatic hydroxyl groups excluding tert-OH is 1. The summed E-state index contributed by atoms with van der Waals surface area (Å²) in [6.07, 6.45) is -0.540. The Morgan fingerprint density at radius 2 is 0.622 bits per heavy atom. The molecule has 7 heteroatoms. The summed E-state index contributed by atoms with van der Waals surface area (Å²) in [7, 11) is 0. The Morgan fingerprint density at radius 1 is 0.392 bits per heavy atom. The molecule has 8 aromatic carbocycles. The van der Waals surface area contributed by atoms with Crippen LogP contribution in [0.5, 0.6) is 23.0 Å². The first-order valence-electron chi connectivity index (χ1n) is 26.2. The van der Waals surface area contributed by atoms with Crippen molar-refractivity contribution in [1.29, 1.82) is 0 Å². The number of epoxide rings is 2. The molecular weight excluding hydrogens is 917 g/mol. The van der Waals surface area contributed by atoms with Crippen LogP contribution in [0.2, 0.25) is 0 Å². The molecule has 2 aliphatic heterocycles. The summed E-state index contributed by atoms with van der Waals surface area (Å²) in [6.45, 7) is 19.8. The van der Waals surface area contributed by atoms with Crippen LogP contribution in [0.1, 0.15) is 89.0 Å². The molecule has 0 aromatic heterocycles. The minimum absolute atomic E-state index is 0.0720. The molecule has 8 aromatic rings. The van der Waals surface area contributed by atoms with Gasteiger partial charge in [-0.15, -0.1) is 0 Å². The van der Waals surface area contributed by atoms with Crippen molar-refractivity contribution in [1.82, 2.24) is 0 Å². The minimum atomic E-state index is -0.886. The van der Waals surface area contributed by atoms with E-state index in [1.807, 2.05) is 0 Å². The molecular formula is C67H64O7. The zero-order valence-electron chi connectivity index (χ0n) is 43.7. The fraction of sp³-hybridized carbons (Fsp3) is 0.284. The lowest BCUT2D eigenvalue weighted by Crippen LogP contribution is -2.30. The number of ether oxygens (including phenoxy) is 6. The Kier molecular flexibility index (Phi) is 12.0. The second-order valence-electron chi connectivity index (χ2n) is 21.2. The lowest BCUT2D eigenvalue weighted by molar-refractivity contribution is 0.0617. The van der Waals surface area contributed by atoms with Crippen molar-refractivity contribution in [3.63, 3.8) is 0 Å². The SMILES string of the molecule is Cc1cc(C2(c3cc(C)c(OCC4CO4)c(C)c3)c3ccccc3-c3ccccc32)cc(C)c1OCC(O)COc1c(C)cc(C2(c3cc(C)c(OCC4CO4)c(C)c3)c3ccccc3-c3ccccc32)cc1C. The van der Waals surface area contributed by atoms with E-state index in [-0.39, 0.29) is 25.4 Å². The summed E-state index contributed by atoms with van der Waals surface area (Å²) in [6, 6.07) is 53.6. The second-order valence-corrected chi connectivity index (χ2v) is 21.2. The molecule has 0 spiro atoms. The first kappa shape index (κ1) is 47.8. The average Bonchev–Trinajstić information content (AvgIpc) is 4.36. The van der Waals surface area contributed by atoms with E-state index in [1.54, 1.807) is 0 Å². The molecule has 2 heterocycles. The van der Waals surface area contributed by atoms with Gasteiger partial charge in [0, 0.05) is 0 Å². The molecule has 0 radical (unpaired) electrons. The highest BCUT2D eigenvalue weighted by Gasteiger charge is 2.48. The van der Waals surface area contributed by atoms with Gasteiger partial charge in [-0.1, -0.05) is 146 Å². The molecule has 1 N–H and O–H groups in total. The van der Waals surface area contributed by atoms with Gasteiger partial charge in [0.2, 0.25) is 0 Å². The molecule has 374 valence electrons. The van der Waals surface area contributed by atoms with E-state index in [1.165, 1.54) is 55.6 Å². The van der Waals surface area contributed by atoms with Crippen LogP contribution < -0.4 is 18.9 Å². The van der Waals surface area contributed by atoms with Crippen LogP contribution in [0.3, 0.4) is 0 Å². The van der Waals surface area contributed by atoms with Crippen molar-refractivity contribution < 1.29 is 33.5 Å². The van der Waals surface area contributed by atoms with Gasteiger partial charge >= 0.3 is 0 Å². The van der Waals surface area contributed by atoms with Gasteiger partial charge in [-0.25, -0.2) is 0 Å². The van der Waals surface area contributed by atoms with Gasteiger partial charge in [0.05, 0.1) is 24.0 Å². The summed E-state index contributed by atoms with van der Waals surface area (Å²) in [4.78, 5) is 0. The first-order chi connectivity index (χ1) is 35.9. The van der Waals surface area contributed by atoms with Gasteiger partial charge in [0.15, 0.2) is 0 Å². The summed E-state index contributed by atoms with van der Waals surface area (Å²) in [5, 5.41) is 11.6. The summed E-state index contributed by atoms with van der Waals surface area (Å²) in [5.74, 6) is 3.37. The highest BCUT2D eigenvalue weighted by atomic mass is 16.6. The maximum absolute atomic E-state index is 11.6. The number of benzene rings is 8. The monoisotopic (exact) mass is 980 g/mol. The Hall–Kier alpha value is -7.16. The van der Waals surface area contributed by atoms with Crippen LogP contribution in [-0.2, 0) is 20.3 Å². The molecule has 2 unspecified atom stereocenters. The van der Waals surface area contributed by atoms with Gasteiger partial charge in [-0.3, -0.25) is 0 Å². The number of fused-ring (bicyclic) bond motifs is 6. The number of aryl methyl sites for hydroxylation is 8. The van der Waals surface area contributed by atoms with Crippen molar-refractivity contribution in [3.05, 3.63) is 235 Å². The molecule has 4 aliphatic rings. The summed E-state index contributed by atoms with van der Waals surface area (Å²) in [5.41, 5.74) is 21.8. The average molecular weight is 981 g/mol. The highest BCUT2D eigenvalue weighted by molar-refractivity contribution is 5.88. The van der Waals surface area contributed by atoms with Crippen LogP contribution in [0.25, 0.3) is 22.3 Å². The minimum Gasteiger partial charge on any atom is -0.490 e.